The minimum atomic E-state index is 0.654. The molecular formula is C11H18N2O. The van der Waals surface area contributed by atoms with E-state index < -0.39 is 0 Å². The number of hydrogen-bond acceptors (Lipinski definition) is 3. The molecule has 1 fully saturated rings. The summed E-state index contributed by atoms with van der Waals surface area (Å²) in [4.78, 5) is 0. The second-order valence-electron chi connectivity index (χ2n) is 3.92. The molecule has 0 aliphatic carbocycles. The van der Waals surface area contributed by atoms with Crippen LogP contribution in [0.2, 0.25) is 0 Å². The Morgan fingerprint density at radius 2 is 2.21 bits per heavy atom. The highest BCUT2D eigenvalue weighted by Crippen LogP contribution is 2.08. The van der Waals surface area contributed by atoms with Crippen LogP contribution >= 0.6 is 0 Å². The van der Waals surface area contributed by atoms with Crippen molar-refractivity contribution in [3.63, 3.8) is 0 Å². The van der Waals surface area contributed by atoms with Gasteiger partial charge in [0.05, 0.1) is 6.54 Å². The third kappa shape index (κ3) is 2.59. The third-order valence-electron chi connectivity index (χ3n) is 2.70. The number of hydrogen-bond donors (Lipinski definition) is 2. The standard InChI is InChI=1S/C11H18N2O/c1-9-2-3-11(14-9)8-13-10-4-6-12-7-5-10/h2-3,10,12-13H,4-8H2,1H3. The van der Waals surface area contributed by atoms with Crippen LogP contribution in [0.25, 0.3) is 0 Å². The van der Waals surface area contributed by atoms with Crippen LogP contribution in [-0.2, 0) is 6.54 Å². The summed E-state index contributed by atoms with van der Waals surface area (Å²) in [5.41, 5.74) is 0. The first-order valence-electron chi connectivity index (χ1n) is 5.34. The summed E-state index contributed by atoms with van der Waals surface area (Å²) >= 11 is 0. The Kier molecular flexibility index (Phi) is 3.22. The Morgan fingerprint density at radius 3 is 2.86 bits per heavy atom. The van der Waals surface area contributed by atoms with Crippen molar-refractivity contribution in [2.75, 3.05) is 13.1 Å². The van der Waals surface area contributed by atoms with E-state index in [2.05, 4.69) is 10.6 Å². The molecule has 1 aromatic rings. The van der Waals surface area contributed by atoms with Crippen molar-refractivity contribution in [1.82, 2.24) is 10.6 Å². The summed E-state index contributed by atoms with van der Waals surface area (Å²) < 4.78 is 5.50. The highest BCUT2D eigenvalue weighted by Gasteiger charge is 2.12. The normalized spacial score (nSPS) is 18.6. The van der Waals surface area contributed by atoms with Crippen molar-refractivity contribution >= 4 is 0 Å². The van der Waals surface area contributed by atoms with Gasteiger partial charge in [0, 0.05) is 6.04 Å². The molecular weight excluding hydrogens is 176 g/mol. The van der Waals surface area contributed by atoms with Crippen molar-refractivity contribution in [3.05, 3.63) is 23.7 Å². The van der Waals surface area contributed by atoms with Gasteiger partial charge in [-0.25, -0.2) is 0 Å². The molecule has 2 N–H and O–H groups in total. The molecule has 1 aliphatic heterocycles. The molecule has 0 atom stereocenters. The Morgan fingerprint density at radius 1 is 1.43 bits per heavy atom. The zero-order valence-corrected chi connectivity index (χ0v) is 8.68. The van der Waals surface area contributed by atoms with Crippen LogP contribution in [0.3, 0.4) is 0 Å². The van der Waals surface area contributed by atoms with Crippen LogP contribution in [0.1, 0.15) is 24.4 Å². The number of piperidine rings is 1. The van der Waals surface area contributed by atoms with Gasteiger partial charge in [0.2, 0.25) is 0 Å². The summed E-state index contributed by atoms with van der Waals surface area (Å²) in [5, 5.41) is 6.87. The lowest BCUT2D eigenvalue weighted by molar-refractivity contribution is 0.365. The molecule has 3 heteroatoms. The Hall–Kier alpha value is -0.800. The van der Waals surface area contributed by atoms with Crippen molar-refractivity contribution in [2.45, 2.75) is 32.4 Å². The van der Waals surface area contributed by atoms with Crippen LogP contribution in [-0.4, -0.2) is 19.1 Å². The molecule has 14 heavy (non-hydrogen) atoms. The molecule has 0 spiro atoms. The predicted molar refractivity (Wildman–Crippen MR) is 56.2 cm³/mol. The zero-order chi connectivity index (χ0) is 9.80. The van der Waals surface area contributed by atoms with E-state index in [1.54, 1.807) is 0 Å². The van der Waals surface area contributed by atoms with E-state index in [-0.39, 0.29) is 0 Å². The van der Waals surface area contributed by atoms with E-state index >= 15 is 0 Å². The Bertz CT molecular complexity index is 277. The molecule has 0 saturated carbocycles. The van der Waals surface area contributed by atoms with Gasteiger partial charge in [0.25, 0.3) is 0 Å². The Balaban J connectivity index is 1.76. The summed E-state index contributed by atoms with van der Waals surface area (Å²) in [6.07, 6.45) is 2.44. The molecule has 1 saturated heterocycles. The number of furan rings is 1. The third-order valence-corrected chi connectivity index (χ3v) is 2.70. The van der Waals surface area contributed by atoms with Gasteiger partial charge in [-0.15, -0.1) is 0 Å². The lowest BCUT2D eigenvalue weighted by Gasteiger charge is -2.23. The minimum absolute atomic E-state index is 0.654. The maximum absolute atomic E-state index is 5.50. The molecule has 2 rings (SSSR count). The van der Waals surface area contributed by atoms with E-state index in [4.69, 9.17) is 4.42 Å². The largest absolute Gasteiger partial charge is 0.465 e. The molecule has 0 bridgehead atoms. The van der Waals surface area contributed by atoms with Gasteiger partial charge in [-0.05, 0) is 45.0 Å². The number of aryl methyl sites for hydroxylation is 1. The smallest absolute Gasteiger partial charge is 0.117 e. The molecule has 2 heterocycles. The molecule has 78 valence electrons. The SMILES string of the molecule is Cc1ccc(CNC2CCNCC2)o1. The van der Waals surface area contributed by atoms with Crippen molar-refractivity contribution in [3.8, 4) is 0 Å². The monoisotopic (exact) mass is 194 g/mol. The van der Waals surface area contributed by atoms with Gasteiger partial charge in [0.15, 0.2) is 0 Å². The average molecular weight is 194 g/mol. The number of nitrogens with one attached hydrogen (secondary N) is 2. The quantitative estimate of drug-likeness (QED) is 0.764. The van der Waals surface area contributed by atoms with Crippen molar-refractivity contribution < 1.29 is 4.42 Å². The molecule has 3 nitrogen and oxygen atoms in total. The van der Waals surface area contributed by atoms with Crippen molar-refractivity contribution in [1.29, 1.82) is 0 Å². The van der Waals surface area contributed by atoms with Crippen LogP contribution < -0.4 is 10.6 Å². The molecule has 1 aliphatic rings. The van der Waals surface area contributed by atoms with Crippen LogP contribution in [0, 0.1) is 6.92 Å². The summed E-state index contributed by atoms with van der Waals surface area (Å²) in [5.74, 6) is 2.04. The first-order chi connectivity index (χ1) is 6.84. The minimum Gasteiger partial charge on any atom is -0.465 e. The molecule has 1 aromatic heterocycles. The Labute approximate surface area is 84.9 Å². The summed E-state index contributed by atoms with van der Waals surface area (Å²) in [6.45, 7) is 5.11. The fourth-order valence-corrected chi connectivity index (χ4v) is 1.85. The van der Waals surface area contributed by atoms with Gasteiger partial charge in [0.1, 0.15) is 11.5 Å². The van der Waals surface area contributed by atoms with Gasteiger partial charge >= 0.3 is 0 Å². The van der Waals surface area contributed by atoms with Crippen LogP contribution in [0.15, 0.2) is 16.5 Å². The topological polar surface area (TPSA) is 37.2 Å². The van der Waals surface area contributed by atoms with Gasteiger partial charge in [-0.2, -0.15) is 0 Å². The highest BCUT2D eigenvalue weighted by molar-refractivity contribution is 5.05. The summed E-state index contributed by atoms with van der Waals surface area (Å²) in [6, 6.07) is 4.71. The first-order valence-corrected chi connectivity index (χ1v) is 5.34. The fourth-order valence-electron chi connectivity index (χ4n) is 1.85. The maximum Gasteiger partial charge on any atom is 0.117 e. The molecule has 0 radical (unpaired) electrons. The lowest BCUT2D eigenvalue weighted by atomic mass is 10.1. The van der Waals surface area contributed by atoms with Gasteiger partial charge in [-0.3, -0.25) is 0 Å². The molecule has 0 unspecified atom stereocenters. The zero-order valence-electron chi connectivity index (χ0n) is 8.68. The first kappa shape index (κ1) is 9.74. The molecule has 0 aromatic carbocycles. The second-order valence-corrected chi connectivity index (χ2v) is 3.92. The van der Waals surface area contributed by atoms with E-state index in [0.717, 1.165) is 31.2 Å². The number of rotatable bonds is 3. The maximum atomic E-state index is 5.50. The van der Waals surface area contributed by atoms with Crippen molar-refractivity contribution in [2.24, 2.45) is 0 Å². The van der Waals surface area contributed by atoms with Gasteiger partial charge in [-0.1, -0.05) is 0 Å². The summed E-state index contributed by atoms with van der Waals surface area (Å²) in [7, 11) is 0. The lowest BCUT2D eigenvalue weighted by Crippen LogP contribution is -2.39. The van der Waals surface area contributed by atoms with Crippen LogP contribution in [0.4, 0.5) is 0 Å². The van der Waals surface area contributed by atoms with E-state index in [1.807, 2.05) is 19.1 Å². The van der Waals surface area contributed by atoms with E-state index in [1.165, 1.54) is 12.8 Å². The predicted octanol–water partition coefficient (Wildman–Crippen LogP) is 1.43. The van der Waals surface area contributed by atoms with Gasteiger partial charge < -0.3 is 15.1 Å². The molecule has 0 amide bonds. The average Bonchev–Trinajstić information content (AvgIpc) is 2.63. The van der Waals surface area contributed by atoms with E-state index in [9.17, 15) is 0 Å². The second kappa shape index (κ2) is 4.62. The highest BCUT2D eigenvalue weighted by atomic mass is 16.3. The fraction of sp³-hybridized carbons (Fsp3) is 0.636. The van der Waals surface area contributed by atoms with Crippen LogP contribution in [0.5, 0.6) is 0 Å². The van der Waals surface area contributed by atoms with E-state index in [0.29, 0.717) is 6.04 Å².